The predicted octanol–water partition coefficient (Wildman–Crippen LogP) is 1.64. The highest BCUT2D eigenvalue weighted by molar-refractivity contribution is 5.89. The van der Waals surface area contributed by atoms with Gasteiger partial charge in [0.25, 0.3) is 0 Å². The van der Waals surface area contributed by atoms with Gasteiger partial charge >= 0.3 is 0 Å². The maximum Gasteiger partial charge on any atom is 0.127 e. The second kappa shape index (κ2) is 5.91. The number of hydrogen-bond donors (Lipinski definition) is 0. The number of hydrogen-bond acceptors (Lipinski definition) is 4. The second-order valence-electron chi connectivity index (χ2n) is 3.88. The predicted molar refractivity (Wildman–Crippen MR) is 68.1 cm³/mol. The van der Waals surface area contributed by atoms with Crippen LogP contribution in [0.4, 0.5) is 0 Å². The minimum atomic E-state index is -1.22. The summed E-state index contributed by atoms with van der Waals surface area (Å²) in [4.78, 5) is 10.4. The molecule has 0 radical (unpaired) electrons. The lowest BCUT2D eigenvalue weighted by Crippen LogP contribution is -2.22. The first-order valence-electron chi connectivity index (χ1n) is 5.77. The van der Waals surface area contributed by atoms with E-state index in [1.165, 1.54) is 18.7 Å². The Labute approximate surface area is 111 Å². The molecule has 0 fully saturated rings. The van der Waals surface area contributed by atoms with Crippen LogP contribution in [0.25, 0.3) is 0 Å². The van der Waals surface area contributed by atoms with Crippen LogP contribution < -0.4 is 14.6 Å². The first kappa shape index (κ1) is 13.0. The molecule has 2 aromatic carbocycles. The summed E-state index contributed by atoms with van der Waals surface area (Å²) in [6.07, 6.45) is 0. The van der Waals surface area contributed by atoms with Crippen LogP contribution in [0.15, 0.2) is 48.5 Å². The molecule has 0 unspecified atom stereocenters. The quantitative estimate of drug-likeness (QED) is 0.820. The van der Waals surface area contributed by atoms with Crippen molar-refractivity contribution >= 4 is 5.97 Å². The van der Waals surface area contributed by atoms with Gasteiger partial charge in [0.2, 0.25) is 0 Å². The summed E-state index contributed by atoms with van der Waals surface area (Å²) >= 11 is 0. The summed E-state index contributed by atoms with van der Waals surface area (Å²) < 4.78 is 9.86. The summed E-state index contributed by atoms with van der Waals surface area (Å²) in [5.74, 6) is 0.155. The van der Waals surface area contributed by atoms with Crippen LogP contribution in [0.1, 0.15) is 15.9 Å². The van der Waals surface area contributed by atoms with Gasteiger partial charge in [0.15, 0.2) is 0 Å². The van der Waals surface area contributed by atoms with Crippen LogP contribution in [0, 0.1) is 0 Å². The Balaban J connectivity index is 0.000000146. The number of carbonyl (C=O) groups is 1. The Morgan fingerprint density at radius 3 is 2.26 bits per heavy atom. The van der Waals surface area contributed by atoms with Gasteiger partial charge < -0.3 is 19.4 Å². The highest BCUT2D eigenvalue weighted by Crippen LogP contribution is 2.27. The fraction of sp³-hybridized carbons (Fsp3) is 0.133. The molecule has 0 atom stereocenters. The first-order valence-corrected chi connectivity index (χ1v) is 5.77. The van der Waals surface area contributed by atoms with E-state index >= 15 is 0 Å². The summed E-state index contributed by atoms with van der Waals surface area (Å²) in [6.45, 7) is 0.802. The van der Waals surface area contributed by atoms with E-state index in [1.807, 2.05) is 18.2 Å². The smallest absolute Gasteiger partial charge is 0.127 e. The van der Waals surface area contributed by atoms with Crippen molar-refractivity contribution in [3.05, 3.63) is 59.7 Å². The molecular formula is C15H13O4-. The van der Waals surface area contributed by atoms with Crippen molar-refractivity contribution in [2.75, 3.05) is 7.11 Å². The van der Waals surface area contributed by atoms with Crippen molar-refractivity contribution in [1.82, 2.24) is 0 Å². The van der Waals surface area contributed by atoms with Gasteiger partial charge in [-0.05, 0) is 18.2 Å². The van der Waals surface area contributed by atoms with E-state index in [9.17, 15) is 9.90 Å². The highest BCUT2D eigenvalue weighted by atomic mass is 16.5. The molecule has 2 aromatic rings. The summed E-state index contributed by atoms with van der Waals surface area (Å²) in [5.41, 5.74) is 1.41. The van der Waals surface area contributed by atoms with Gasteiger partial charge in [-0.15, -0.1) is 0 Å². The van der Waals surface area contributed by atoms with Gasteiger partial charge in [-0.3, -0.25) is 0 Å². The molecule has 0 spiro atoms. The Bertz CT molecular complexity index is 555. The fourth-order valence-electron chi connectivity index (χ4n) is 1.65. The van der Waals surface area contributed by atoms with E-state index in [4.69, 9.17) is 9.47 Å². The molecule has 1 aliphatic rings. The molecule has 3 rings (SSSR count). The largest absolute Gasteiger partial charge is 0.545 e. The van der Waals surface area contributed by atoms with E-state index < -0.39 is 5.97 Å². The third-order valence-corrected chi connectivity index (χ3v) is 2.68. The summed E-state index contributed by atoms with van der Waals surface area (Å²) in [6, 6.07) is 14.4. The number of benzene rings is 2. The van der Waals surface area contributed by atoms with E-state index in [0.29, 0.717) is 5.75 Å². The maximum absolute atomic E-state index is 10.4. The zero-order valence-corrected chi connectivity index (χ0v) is 10.5. The van der Waals surface area contributed by atoms with Crippen molar-refractivity contribution < 1.29 is 19.4 Å². The Kier molecular flexibility index (Phi) is 4.03. The third-order valence-electron chi connectivity index (χ3n) is 2.68. The zero-order chi connectivity index (χ0) is 13.7. The number of methoxy groups -OCH3 is 1. The topological polar surface area (TPSA) is 58.6 Å². The molecule has 4 nitrogen and oxygen atoms in total. The molecule has 1 aliphatic heterocycles. The van der Waals surface area contributed by atoms with Crippen molar-refractivity contribution in [1.29, 1.82) is 0 Å². The minimum Gasteiger partial charge on any atom is -0.545 e. The normalized spacial score (nSPS) is 11.0. The van der Waals surface area contributed by atoms with Gasteiger partial charge in [-0.2, -0.15) is 0 Å². The number of aromatic carboxylic acids is 1. The maximum atomic E-state index is 10.4. The standard InChI is InChI=1S/C8H8O3.C7H6O/c1-11-7-5-3-2-4-6(7)8(9)10;1-2-4-7-6(3-1)5-8-7/h2-5H,1H3,(H,9,10);1-4H,5H2/p-1. The lowest BCUT2D eigenvalue weighted by atomic mass is 10.1. The van der Waals surface area contributed by atoms with E-state index in [1.54, 1.807) is 18.2 Å². The Morgan fingerprint density at radius 2 is 1.84 bits per heavy atom. The molecule has 0 saturated carbocycles. The number of ether oxygens (including phenoxy) is 2. The van der Waals surface area contributed by atoms with Crippen LogP contribution in [0.2, 0.25) is 0 Å². The van der Waals surface area contributed by atoms with Gasteiger partial charge in [-0.1, -0.05) is 30.3 Å². The number of rotatable bonds is 2. The first-order chi connectivity index (χ1) is 9.22. The lowest BCUT2D eigenvalue weighted by molar-refractivity contribution is -0.255. The van der Waals surface area contributed by atoms with Crippen molar-refractivity contribution in [3.8, 4) is 11.5 Å². The van der Waals surface area contributed by atoms with Gasteiger partial charge in [0.05, 0.1) is 13.1 Å². The van der Waals surface area contributed by atoms with Crippen LogP contribution in [0.3, 0.4) is 0 Å². The fourth-order valence-corrected chi connectivity index (χ4v) is 1.65. The average Bonchev–Trinajstić information content (AvgIpc) is 2.41. The van der Waals surface area contributed by atoms with Crippen LogP contribution in [0.5, 0.6) is 11.5 Å². The molecule has 98 valence electrons. The van der Waals surface area contributed by atoms with E-state index in [0.717, 1.165) is 12.4 Å². The van der Waals surface area contributed by atoms with Crippen molar-refractivity contribution in [3.63, 3.8) is 0 Å². The van der Waals surface area contributed by atoms with Crippen molar-refractivity contribution in [2.45, 2.75) is 6.61 Å². The second-order valence-corrected chi connectivity index (χ2v) is 3.88. The highest BCUT2D eigenvalue weighted by Gasteiger charge is 2.10. The van der Waals surface area contributed by atoms with Gasteiger partial charge in [0, 0.05) is 11.1 Å². The summed E-state index contributed by atoms with van der Waals surface area (Å²) in [5, 5.41) is 10.4. The molecule has 0 aromatic heterocycles. The number of carboxylic acids is 1. The van der Waals surface area contributed by atoms with Crippen LogP contribution in [-0.4, -0.2) is 13.1 Å². The van der Waals surface area contributed by atoms with Gasteiger partial charge in [0.1, 0.15) is 18.1 Å². The number of carboxylic acid groups (broad SMARTS) is 1. The van der Waals surface area contributed by atoms with Crippen LogP contribution >= 0.6 is 0 Å². The van der Waals surface area contributed by atoms with Crippen LogP contribution in [-0.2, 0) is 6.61 Å². The van der Waals surface area contributed by atoms with Gasteiger partial charge in [-0.25, -0.2) is 0 Å². The molecule has 0 aliphatic carbocycles. The molecule has 1 heterocycles. The number of carbonyl (C=O) groups excluding carboxylic acids is 1. The molecule has 0 saturated heterocycles. The monoisotopic (exact) mass is 257 g/mol. The molecule has 0 amide bonds. The third kappa shape index (κ3) is 3.04. The zero-order valence-electron chi connectivity index (χ0n) is 10.5. The number of para-hydroxylation sites is 2. The van der Waals surface area contributed by atoms with E-state index in [-0.39, 0.29) is 5.56 Å². The summed E-state index contributed by atoms with van der Waals surface area (Å²) in [7, 11) is 1.42. The molecule has 19 heavy (non-hydrogen) atoms. The Morgan fingerprint density at radius 1 is 1.16 bits per heavy atom. The van der Waals surface area contributed by atoms with Crippen molar-refractivity contribution in [2.24, 2.45) is 0 Å². The molecule has 0 bridgehead atoms. The average molecular weight is 257 g/mol. The lowest BCUT2D eigenvalue weighted by Gasteiger charge is -2.18. The molecule has 0 N–H and O–H groups in total. The molecular weight excluding hydrogens is 244 g/mol. The number of fused-ring (bicyclic) bond motifs is 1. The molecule has 4 heteroatoms. The Hall–Kier alpha value is -2.49. The van der Waals surface area contributed by atoms with E-state index in [2.05, 4.69) is 6.07 Å². The minimum absolute atomic E-state index is 0.0787. The SMILES string of the molecule is COc1ccccc1C(=O)[O-].c1ccc2c(c1)CO2.